The number of hydrogen-bond acceptors (Lipinski definition) is 6. The van der Waals surface area contributed by atoms with E-state index in [9.17, 15) is 18.3 Å². The van der Waals surface area contributed by atoms with E-state index in [0.717, 1.165) is 29.0 Å². The molecule has 0 aliphatic rings. The largest absolute Gasteiger partial charge is 0.433 e. The maximum atomic E-state index is 12.9. The van der Waals surface area contributed by atoms with Crippen molar-refractivity contribution >= 4 is 17.5 Å². The van der Waals surface area contributed by atoms with E-state index in [0.29, 0.717) is 11.5 Å². The molecule has 0 amide bonds. The van der Waals surface area contributed by atoms with Crippen LogP contribution in [0.2, 0.25) is 0 Å². The molecule has 9 heteroatoms. The molecule has 3 aromatic rings. The predicted molar refractivity (Wildman–Crippen MR) is 110 cm³/mol. The monoisotopic (exact) mass is 417 g/mol. The summed E-state index contributed by atoms with van der Waals surface area (Å²) in [5.74, 6) is 0.492. The lowest BCUT2D eigenvalue weighted by molar-refractivity contribution is -0.141. The van der Waals surface area contributed by atoms with Crippen LogP contribution in [0.1, 0.15) is 25.1 Å². The molecule has 1 aromatic carbocycles. The Kier molecular flexibility index (Phi) is 5.93. The van der Waals surface area contributed by atoms with E-state index in [1.54, 1.807) is 24.4 Å². The molecule has 2 aromatic heterocycles. The lowest BCUT2D eigenvalue weighted by Gasteiger charge is -2.24. The van der Waals surface area contributed by atoms with E-state index in [2.05, 4.69) is 25.6 Å². The number of nitrogens with zero attached hydrogens (tertiary/aromatic N) is 3. The summed E-state index contributed by atoms with van der Waals surface area (Å²) in [4.78, 5) is 11.8. The van der Waals surface area contributed by atoms with Crippen molar-refractivity contribution in [3.63, 3.8) is 0 Å². The Morgan fingerprint density at radius 2 is 1.77 bits per heavy atom. The van der Waals surface area contributed by atoms with E-state index in [4.69, 9.17) is 0 Å². The molecule has 0 unspecified atom stereocenters. The Bertz CT molecular complexity index is 1020. The summed E-state index contributed by atoms with van der Waals surface area (Å²) in [5, 5.41) is 15.3. The third kappa shape index (κ3) is 5.44. The second kappa shape index (κ2) is 8.27. The van der Waals surface area contributed by atoms with Crippen LogP contribution in [0.4, 0.5) is 30.6 Å². The highest BCUT2D eigenvalue weighted by molar-refractivity contribution is 5.71. The Labute approximate surface area is 172 Å². The zero-order valence-electron chi connectivity index (χ0n) is 16.7. The molecule has 0 spiro atoms. The number of pyridine rings is 1. The summed E-state index contributed by atoms with van der Waals surface area (Å²) in [6.45, 7) is 5.56. The first-order chi connectivity index (χ1) is 14.1. The van der Waals surface area contributed by atoms with Crippen LogP contribution in [0.25, 0.3) is 11.1 Å². The van der Waals surface area contributed by atoms with Crippen LogP contribution >= 0.6 is 0 Å². The SMILES string of the molecule is Cc1cc(Nc2nccc(C(F)(F)F)n2)cc(-c2ccc(NC(C)(C)CO)nc2)c1. The highest BCUT2D eigenvalue weighted by Crippen LogP contribution is 2.29. The van der Waals surface area contributed by atoms with Gasteiger partial charge in [0.1, 0.15) is 11.5 Å². The lowest BCUT2D eigenvalue weighted by atomic mass is 10.0. The fraction of sp³-hybridized carbons (Fsp3) is 0.286. The van der Waals surface area contributed by atoms with Crippen LogP contribution in [-0.2, 0) is 6.18 Å². The third-order valence-electron chi connectivity index (χ3n) is 4.24. The van der Waals surface area contributed by atoms with Gasteiger partial charge in [-0.25, -0.2) is 15.0 Å². The van der Waals surface area contributed by atoms with Crippen LogP contribution in [0.5, 0.6) is 0 Å². The van der Waals surface area contributed by atoms with Crippen molar-refractivity contribution in [2.75, 3.05) is 17.2 Å². The van der Waals surface area contributed by atoms with E-state index in [1.807, 2.05) is 32.9 Å². The minimum Gasteiger partial charge on any atom is -0.394 e. The predicted octanol–water partition coefficient (Wildman–Crippen LogP) is 4.79. The number of nitrogens with one attached hydrogen (secondary N) is 2. The van der Waals surface area contributed by atoms with E-state index < -0.39 is 17.4 Å². The van der Waals surface area contributed by atoms with Crippen molar-refractivity contribution in [1.29, 1.82) is 0 Å². The molecule has 3 N–H and O–H groups in total. The van der Waals surface area contributed by atoms with Crippen LogP contribution in [0.3, 0.4) is 0 Å². The number of hydrogen-bond donors (Lipinski definition) is 3. The fourth-order valence-corrected chi connectivity index (χ4v) is 2.75. The summed E-state index contributed by atoms with van der Waals surface area (Å²) >= 11 is 0. The number of aryl methyl sites for hydroxylation is 1. The molecule has 0 fully saturated rings. The highest BCUT2D eigenvalue weighted by atomic mass is 19.4. The van der Waals surface area contributed by atoms with Gasteiger partial charge in [0.05, 0.1) is 12.1 Å². The molecule has 0 radical (unpaired) electrons. The van der Waals surface area contributed by atoms with Gasteiger partial charge >= 0.3 is 6.18 Å². The molecule has 0 saturated heterocycles. The second-order valence-corrected chi connectivity index (χ2v) is 7.58. The zero-order chi connectivity index (χ0) is 21.9. The molecular formula is C21H22F3N5O. The van der Waals surface area contributed by atoms with Gasteiger partial charge in [0.15, 0.2) is 0 Å². The van der Waals surface area contributed by atoms with Gasteiger partial charge in [-0.05, 0) is 62.2 Å². The zero-order valence-corrected chi connectivity index (χ0v) is 16.7. The smallest absolute Gasteiger partial charge is 0.394 e. The van der Waals surface area contributed by atoms with Gasteiger partial charge in [-0.15, -0.1) is 0 Å². The van der Waals surface area contributed by atoms with Gasteiger partial charge in [0.25, 0.3) is 0 Å². The number of benzene rings is 1. The van der Waals surface area contributed by atoms with Crippen molar-refractivity contribution < 1.29 is 18.3 Å². The topological polar surface area (TPSA) is 83.0 Å². The van der Waals surface area contributed by atoms with Crippen molar-refractivity contribution in [1.82, 2.24) is 15.0 Å². The molecule has 3 rings (SSSR count). The van der Waals surface area contributed by atoms with E-state index >= 15 is 0 Å². The van der Waals surface area contributed by atoms with E-state index in [1.165, 1.54) is 0 Å². The number of rotatable bonds is 6. The normalized spacial score (nSPS) is 12.0. The van der Waals surface area contributed by atoms with Gasteiger partial charge < -0.3 is 15.7 Å². The quantitative estimate of drug-likeness (QED) is 0.535. The second-order valence-electron chi connectivity index (χ2n) is 7.58. The van der Waals surface area contributed by atoms with Crippen molar-refractivity contribution in [3.05, 3.63) is 60.0 Å². The number of aliphatic hydroxyl groups is 1. The molecule has 30 heavy (non-hydrogen) atoms. The van der Waals surface area contributed by atoms with Gasteiger partial charge in [0.2, 0.25) is 5.95 Å². The highest BCUT2D eigenvalue weighted by Gasteiger charge is 2.32. The summed E-state index contributed by atoms with van der Waals surface area (Å²) < 4.78 is 38.6. The Morgan fingerprint density at radius 3 is 2.40 bits per heavy atom. The van der Waals surface area contributed by atoms with Crippen molar-refractivity contribution in [3.8, 4) is 11.1 Å². The van der Waals surface area contributed by atoms with Crippen molar-refractivity contribution in [2.24, 2.45) is 0 Å². The molecule has 0 aliphatic carbocycles. The minimum absolute atomic E-state index is 0.0407. The van der Waals surface area contributed by atoms with Crippen LogP contribution < -0.4 is 10.6 Å². The maximum absolute atomic E-state index is 12.9. The number of halogens is 3. The summed E-state index contributed by atoms with van der Waals surface area (Å²) in [7, 11) is 0. The number of alkyl halides is 3. The molecule has 0 aliphatic heterocycles. The molecular weight excluding hydrogens is 395 g/mol. The molecule has 0 atom stereocenters. The minimum atomic E-state index is -4.54. The summed E-state index contributed by atoms with van der Waals surface area (Å²) in [6.07, 6.45) is -1.78. The van der Waals surface area contributed by atoms with Crippen molar-refractivity contribution in [2.45, 2.75) is 32.5 Å². The standard InChI is InChI=1S/C21H22F3N5O/c1-13-8-15(14-4-5-18(26-11-14)29-20(2,3)12-30)10-16(9-13)27-19-25-7-6-17(28-19)21(22,23)24/h4-11,30H,12H2,1-3H3,(H,26,29)(H,25,27,28). The van der Waals surface area contributed by atoms with Crippen LogP contribution in [0, 0.1) is 6.92 Å². The molecule has 6 nitrogen and oxygen atoms in total. The first-order valence-corrected chi connectivity index (χ1v) is 9.20. The summed E-state index contributed by atoms with van der Waals surface area (Å²) in [6, 6.07) is 10.0. The van der Waals surface area contributed by atoms with Gasteiger partial charge in [0, 0.05) is 23.6 Å². The number of aromatic nitrogens is 3. The Morgan fingerprint density at radius 1 is 1.00 bits per heavy atom. The lowest BCUT2D eigenvalue weighted by Crippen LogP contribution is -2.35. The van der Waals surface area contributed by atoms with Crippen LogP contribution in [0.15, 0.2) is 48.8 Å². The Hall–Kier alpha value is -3.20. The first kappa shape index (κ1) is 21.5. The van der Waals surface area contributed by atoms with Crippen LogP contribution in [-0.4, -0.2) is 32.2 Å². The van der Waals surface area contributed by atoms with Gasteiger partial charge in [-0.1, -0.05) is 6.07 Å². The van der Waals surface area contributed by atoms with Gasteiger partial charge in [-0.2, -0.15) is 13.2 Å². The average molecular weight is 417 g/mol. The number of anilines is 3. The Balaban J connectivity index is 1.84. The van der Waals surface area contributed by atoms with E-state index in [-0.39, 0.29) is 12.6 Å². The molecule has 158 valence electrons. The fourth-order valence-electron chi connectivity index (χ4n) is 2.75. The molecule has 2 heterocycles. The molecule has 0 saturated carbocycles. The number of aliphatic hydroxyl groups excluding tert-OH is 1. The van der Waals surface area contributed by atoms with Gasteiger partial charge in [-0.3, -0.25) is 0 Å². The maximum Gasteiger partial charge on any atom is 0.433 e. The molecule has 0 bridgehead atoms. The third-order valence-corrected chi connectivity index (χ3v) is 4.24. The average Bonchev–Trinajstić information content (AvgIpc) is 2.67. The first-order valence-electron chi connectivity index (χ1n) is 9.20. The summed E-state index contributed by atoms with van der Waals surface area (Å²) in [5.41, 5.74) is 1.63.